The Morgan fingerprint density at radius 2 is 2.06 bits per heavy atom. The number of carbonyl (C=O) groups is 1. The zero-order chi connectivity index (χ0) is 12.7. The van der Waals surface area contributed by atoms with Crippen molar-refractivity contribution in [2.45, 2.75) is 56.6 Å². The predicted octanol–water partition coefficient (Wildman–Crippen LogP) is -1.21. The summed E-state index contributed by atoms with van der Waals surface area (Å²) in [4.78, 5) is 12.9. The molecule has 0 unspecified atom stereocenters. The number of aliphatic hydroxyl groups is 1. The quantitative estimate of drug-likeness (QED) is 0.549. The highest BCUT2D eigenvalue weighted by molar-refractivity contribution is 5.87. The van der Waals surface area contributed by atoms with Gasteiger partial charge in [0.25, 0.3) is 5.91 Å². The van der Waals surface area contributed by atoms with Crippen molar-refractivity contribution in [1.82, 2.24) is 4.90 Å². The third kappa shape index (κ3) is 1.28. The van der Waals surface area contributed by atoms with E-state index in [1.54, 1.807) is 0 Å². The van der Waals surface area contributed by atoms with E-state index in [4.69, 9.17) is 18.9 Å². The maximum Gasteiger partial charge on any atom is 0.258 e. The molecule has 4 aliphatic rings. The van der Waals surface area contributed by atoms with Crippen molar-refractivity contribution < 1.29 is 28.8 Å². The fourth-order valence-electron chi connectivity index (χ4n) is 3.06. The Bertz CT molecular complexity index is 412. The molecule has 1 amide bonds. The molecule has 6 atom stereocenters. The molecule has 4 heterocycles. The van der Waals surface area contributed by atoms with E-state index in [1.165, 1.54) is 4.90 Å². The van der Waals surface area contributed by atoms with Gasteiger partial charge in [-0.05, 0) is 13.8 Å². The van der Waals surface area contributed by atoms with E-state index < -0.39 is 24.4 Å². The predicted molar refractivity (Wildman–Crippen MR) is 55.1 cm³/mol. The Morgan fingerprint density at radius 1 is 1.28 bits per heavy atom. The van der Waals surface area contributed by atoms with E-state index in [2.05, 4.69) is 0 Å². The van der Waals surface area contributed by atoms with Crippen molar-refractivity contribution >= 4 is 5.91 Å². The zero-order valence-corrected chi connectivity index (χ0v) is 10.1. The van der Waals surface area contributed by atoms with Gasteiger partial charge in [-0.15, -0.1) is 0 Å². The number of nitrogens with zero attached hydrogens (tertiary/aromatic N) is 1. The normalized spacial score (nSPS) is 52.6. The van der Waals surface area contributed by atoms with Crippen LogP contribution in [0.5, 0.6) is 0 Å². The van der Waals surface area contributed by atoms with Crippen molar-refractivity contribution in [2.75, 3.05) is 6.54 Å². The zero-order valence-electron chi connectivity index (χ0n) is 10.1. The Morgan fingerprint density at radius 3 is 2.83 bits per heavy atom. The molecule has 0 bridgehead atoms. The maximum absolute atomic E-state index is 11.4. The first-order valence-corrected chi connectivity index (χ1v) is 6.11. The number of fused-ring (bicyclic) bond motifs is 4. The van der Waals surface area contributed by atoms with Crippen molar-refractivity contribution in [3.63, 3.8) is 0 Å². The minimum absolute atomic E-state index is 0.246. The Hall–Kier alpha value is -0.730. The topological polar surface area (TPSA) is 77.5 Å². The molecule has 1 N–H and O–H groups in total. The summed E-state index contributed by atoms with van der Waals surface area (Å²) in [6.45, 7) is 4.06. The molecular formula is C11H15NO6. The number of hydrogen-bond acceptors (Lipinski definition) is 6. The number of hydrogen-bond donors (Lipinski definition) is 1. The smallest absolute Gasteiger partial charge is 0.258 e. The lowest BCUT2D eigenvalue weighted by molar-refractivity contribution is -0.280. The van der Waals surface area contributed by atoms with Crippen molar-refractivity contribution in [2.24, 2.45) is 0 Å². The second kappa shape index (κ2) is 3.23. The van der Waals surface area contributed by atoms with E-state index in [0.29, 0.717) is 6.54 Å². The van der Waals surface area contributed by atoms with Gasteiger partial charge in [0, 0.05) is 0 Å². The molecular weight excluding hydrogens is 242 g/mol. The van der Waals surface area contributed by atoms with E-state index in [0.717, 1.165) is 0 Å². The van der Waals surface area contributed by atoms with Crippen LogP contribution in [-0.2, 0) is 23.7 Å². The molecule has 0 spiro atoms. The van der Waals surface area contributed by atoms with Crippen LogP contribution in [0, 0.1) is 0 Å². The molecule has 18 heavy (non-hydrogen) atoms. The van der Waals surface area contributed by atoms with Gasteiger partial charge in [0.1, 0.15) is 18.3 Å². The molecule has 4 saturated heterocycles. The Labute approximate surface area is 104 Å². The summed E-state index contributed by atoms with van der Waals surface area (Å²) in [6.07, 6.45) is -2.91. The fourth-order valence-corrected chi connectivity index (χ4v) is 3.06. The van der Waals surface area contributed by atoms with Gasteiger partial charge in [-0.3, -0.25) is 4.79 Å². The van der Waals surface area contributed by atoms with Crippen molar-refractivity contribution in [3.8, 4) is 0 Å². The molecule has 4 aliphatic heterocycles. The van der Waals surface area contributed by atoms with Crippen LogP contribution in [0.1, 0.15) is 13.8 Å². The molecule has 7 heteroatoms. The summed E-state index contributed by atoms with van der Waals surface area (Å²) in [5.41, 5.74) is 0. The van der Waals surface area contributed by atoms with Gasteiger partial charge in [0.15, 0.2) is 24.4 Å². The molecule has 0 aliphatic carbocycles. The van der Waals surface area contributed by atoms with E-state index in [1.807, 2.05) is 13.8 Å². The monoisotopic (exact) mass is 257 g/mol. The van der Waals surface area contributed by atoms with Gasteiger partial charge >= 0.3 is 0 Å². The van der Waals surface area contributed by atoms with Gasteiger partial charge in [0.2, 0.25) is 0 Å². The lowest BCUT2D eigenvalue weighted by atomic mass is 10.0. The molecule has 0 aromatic carbocycles. The summed E-state index contributed by atoms with van der Waals surface area (Å²) in [5.74, 6) is -0.990. The largest absolute Gasteiger partial charge is 0.379 e. The first kappa shape index (κ1) is 11.1. The SMILES string of the molecule is CC1(C)O[C@H]2O[C@@H]3CN4C(=O)[C@@H](O)[C@H]4O[C@@H]3[C@H]2O1. The van der Waals surface area contributed by atoms with E-state index in [9.17, 15) is 9.90 Å². The summed E-state index contributed by atoms with van der Waals surface area (Å²) in [7, 11) is 0. The van der Waals surface area contributed by atoms with Crippen LogP contribution in [0.4, 0.5) is 0 Å². The van der Waals surface area contributed by atoms with Crippen LogP contribution >= 0.6 is 0 Å². The highest BCUT2D eigenvalue weighted by atomic mass is 16.8. The fraction of sp³-hybridized carbons (Fsp3) is 0.909. The highest BCUT2D eigenvalue weighted by Crippen LogP contribution is 2.43. The third-order valence-electron chi connectivity index (χ3n) is 3.87. The van der Waals surface area contributed by atoms with Crippen LogP contribution in [0.2, 0.25) is 0 Å². The Balaban J connectivity index is 1.55. The lowest BCUT2D eigenvalue weighted by Crippen LogP contribution is -2.72. The minimum Gasteiger partial charge on any atom is -0.379 e. The third-order valence-corrected chi connectivity index (χ3v) is 3.87. The highest BCUT2D eigenvalue weighted by Gasteiger charge is 2.62. The summed E-state index contributed by atoms with van der Waals surface area (Å²) in [5, 5.41) is 9.55. The molecule has 4 rings (SSSR count). The molecule has 0 aromatic rings. The maximum atomic E-state index is 11.4. The van der Waals surface area contributed by atoms with E-state index in [-0.39, 0.29) is 24.2 Å². The minimum atomic E-state index is -1.06. The van der Waals surface area contributed by atoms with Gasteiger partial charge < -0.3 is 29.0 Å². The first-order valence-electron chi connectivity index (χ1n) is 6.11. The van der Waals surface area contributed by atoms with Crippen LogP contribution in [-0.4, -0.2) is 65.2 Å². The lowest BCUT2D eigenvalue weighted by Gasteiger charge is -2.50. The Kier molecular flexibility index (Phi) is 2.00. The number of ether oxygens (including phenoxy) is 4. The van der Waals surface area contributed by atoms with Crippen LogP contribution in [0.3, 0.4) is 0 Å². The number of rotatable bonds is 0. The van der Waals surface area contributed by atoms with Crippen molar-refractivity contribution in [1.29, 1.82) is 0 Å². The van der Waals surface area contributed by atoms with Gasteiger partial charge in [0.05, 0.1) is 6.54 Å². The van der Waals surface area contributed by atoms with Crippen molar-refractivity contribution in [3.05, 3.63) is 0 Å². The molecule has 0 aromatic heterocycles. The first-order chi connectivity index (χ1) is 8.46. The van der Waals surface area contributed by atoms with Crippen LogP contribution in [0.15, 0.2) is 0 Å². The van der Waals surface area contributed by atoms with Gasteiger partial charge in [-0.1, -0.05) is 0 Å². The van der Waals surface area contributed by atoms with Gasteiger partial charge in [-0.25, -0.2) is 0 Å². The van der Waals surface area contributed by atoms with Crippen LogP contribution in [0.25, 0.3) is 0 Å². The van der Waals surface area contributed by atoms with Crippen LogP contribution < -0.4 is 0 Å². The number of aliphatic hydroxyl groups excluding tert-OH is 1. The number of β-lactam (4-membered cyclic amide) rings is 1. The standard InChI is InChI=1S/C11H15NO6/c1-11(2)17-7-6-4(15-10(7)18-11)3-12-8(14)5(13)9(12)16-6/h4-7,9-10,13H,3H2,1-2H3/t4-,5-,6+,7-,9-,10-/m1/s1. The number of carbonyl (C=O) groups excluding carboxylic acids is 1. The molecule has 100 valence electrons. The average molecular weight is 257 g/mol. The van der Waals surface area contributed by atoms with E-state index >= 15 is 0 Å². The molecule has 0 radical (unpaired) electrons. The summed E-state index contributed by atoms with van der Waals surface area (Å²) >= 11 is 0. The molecule has 4 fully saturated rings. The second-order valence-corrected chi connectivity index (χ2v) is 5.57. The average Bonchev–Trinajstić information content (AvgIpc) is 2.78. The summed E-state index contributed by atoms with van der Waals surface area (Å²) < 4.78 is 22.8. The summed E-state index contributed by atoms with van der Waals surface area (Å²) in [6, 6.07) is 0. The van der Waals surface area contributed by atoms with Gasteiger partial charge in [-0.2, -0.15) is 0 Å². The number of amides is 1. The molecule has 7 nitrogen and oxygen atoms in total. The molecule has 0 saturated carbocycles. The second-order valence-electron chi connectivity index (χ2n) is 5.57.